The SMILES string of the molecule is CCCCCCCCCCCCCCCCCCNC(=O)OC[C@@H](COCCCCO)OC. The van der Waals surface area contributed by atoms with Crippen LogP contribution in [0.25, 0.3) is 0 Å². The van der Waals surface area contributed by atoms with E-state index in [0.717, 1.165) is 25.7 Å². The van der Waals surface area contributed by atoms with Crippen LogP contribution in [0.2, 0.25) is 0 Å². The van der Waals surface area contributed by atoms with Crippen molar-refractivity contribution in [2.75, 3.05) is 40.1 Å². The van der Waals surface area contributed by atoms with E-state index in [1.165, 1.54) is 89.9 Å². The van der Waals surface area contributed by atoms with Crippen molar-refractivity contribution in [2.24, 2.45) is 0 Å². The fourth-order valence-electron chi connectivity index (χ4n) is 3.80. The Morgan fingerprint density at radius 2 is 1.24 bits per heavy atom. The molecule has 0 rings (SSSR count). The zero-order valence-corrected chi connectivity index (χ0v) is 21.9. The second-order valence-electron chi connectivity index (χ2n) is 9.19. The standard InChI is InChI=1S/C27H55NO5/c1-3-4-5-6-7-8-9-10-11-12-13-14-15-16-17-18-21-28-27(30)33-25-26(31-2)24-32-23-20-19-22-29/h26,29H,3-25H2,1-2H3,(H,28,30)/t26-/m1/s1. The summed E-state index contributed by atoms with van der Waals surface area (Å²) in [5.74, 6) is 0. The van der Waals surface area contributed by atoms with Gasteiger partial charge in [0, 0.05) is 26.9 Å². The van der Waals surface area contributed by atoms with E-state index >= 15 is 0 Å². The lowest BCUT2D eigenvalue weighted by Crippen LogP contribution is -2.31. The first-order valence-electron chi connectivity index (χ1n) is 13.9. The van der Waals surface area contributed by atoms with Crippen molar-refractivity contribution in [2.45, 2.75) is 129 Å². The molecule has 0 bridgehead atoms. The van der Waals surface area contributed by atoms with Crippen LogP contribution in [0.4, 0.5) is 4.79 Å². The molecular formula is C27H55NO5. The largest absolute Gasteiger partial charge is 0.447 e. The van der Waals surface area contributed by atoms with Gasteiger partial charge in [0.05, 0.1) is 6.61 Å². The highest BCUT2D eigenvalue weighted by molar-refractivity contribution is 5.67. The molecule has 6 heteroatoms. The molecule has 0 radical (unpaired) electrons. The third-order valence-corrected chi connectivity index (χ3v) is 6.03. The fraction of sp³-hybridized carbons (Fsp3) is 0.963. The van der Waals surface area contributed by atoms with Gasteiger partial charge < -0.3 is 24.6 Å². The van der Waals surface area contributed by atoms with Crippen LogP contribution in [0, 0.1) is 0 Å². The molecule has 1 amide bonds. The predicted octanol–water partition coefficient (Wildman–Crippen LogP) is 6.78. The van der Waals surface area contributed by atoms with Gasteiger partial charge in [-0.1, -0.05) is 103 Å². The molecule has 0 saturated carbocycles. The first-order valence-corrected chi connectivity index (χ1v) is 13.9. The molecule has 6 nitrogen and oxygen atoms in total. The lowest BCUT2D eigenvalue weighted by atomic mass is 10.0. The summed E-state index contributed by atoms with van der Waals surface area (Å²) in [6, 6.07) is 0. The number of amides is 1. The number of rotatable bonds is 26. The Balaban J connectivity index is 3.31. The van der Waals surface area contributed by atoms with Gasteiger partial charge in [0.1, 0.15) is 12.7 Å². The Bertz CT molecular complexity index is 395. The van der Waals surface area contributed by atoms with E-state index in [1.54, 1.807) is 7.11 Å². The number of aliphatic hydroxyl groups is 1. The Kier molecular flexibility index (Phi) is 26.7. The summed E-state index contributed by atoms with van der Waals surface area (Å²) >= 11 is 0. The Morgan fingerprint density at radius 3 is 1.73 bits per heavy atom. The number of carbonyl (C=O) groups excluding carboxylic acids is 1. The molecule has 0 fully saturated rings. The van der Waals surface area contributed by atoms with Crippen LogP contribution in [-0.2, 0) is 14.2 Å². The van der Waals surface area contributed by atoms with Crippen LogP contribution in [0.1, 0.15) is 122 Å². The number of carbonyl (C=O) groups is 1. The maximum absolute atomic E-state index is 11.8. The zero-order chi connectivity index (χ0) is 24.2. The Labute approximate surface area is 204 Å². The minimum Gasteiger partial charge on any atom is -0.447 e. The summed E-state index contributed by atoms with van der Waals surface area (Å²) in [5.41, 5.74) is 0. The molecule has 0 spiro atoms. The summed E-state index contributed by atoms with van der Waals surface area (Å²) in [7, 11) is 1.58. The monoisotopic (exact) mass is 473 g/mol. The van der Waals surface area contributed by atoms with Crippen molar-refractivity contribution >= 4 is 6.09 Å². The lowest BCUT2D eigenvalue weighted by Gasteiger charge is -2.16. The second kappa shape index (κ2) is 27.4. The van der Waals surface area contributed by atoms with E-state index in [9.17, 15) is 4.79 Å². The molecule has 0 saturated heterocycles. The molecule has 0 unspecified atom stereocenters. The first-order chi connectivity index (χ1) is 16.2. The molecule has 33 heavy (non-hydrogen) atoms. The highest BCUT2D eigenvalue weighted by Crippen LogP contribution is 2.13. The minimum absolute atomic E-state index is 0.180. The number of ether oxygens (including phenoxy) is 3. The van der Waals surface area contributed by atoms with Crippen molar-refractivity contribution in [1.82, 2.24) is 5.32 Å². The Morgan fingerprint density at radius 1 is 0.727 bits per heavy atom. The van der Waals surface area contributed by atoms with Crippen molar-refractivity contribution in [3.05, 3.63) is 0 Å². The number of nitrogens with one attached hydrogen (secondary N) is 1. The van der Waals surface area contributed by atoms with Crippen LogP contribution in [0.5, 0.6) is 0 Å². The molecule has 0 aromatic rings. The van der Waals surface area contributed by atoms with Gasteiger partial charge in [0.15, 0.2) is 0 Å². The Hall–Kier alpha value is -0.850. The van der Waals surface area contributed by atoms with Gasteiger partial charge in [-0.3, -0.25) is 0 Å². The average molecular weight is 474 g/mol. The van der Waals surface area contributed by atoms with Gasteiger partial charge in [-0.05, 0) is 19.3 Å². The fourth-order valence-corrected chi connectivity index (χ4v) is 3.80. The number of unbranched alkanes of at least 4 members (excludes halogenated alkanes) is 16. The van der Waals surface area contributed by atoms with Crippen molar-refractivity contribution in [3.8, 4) is 0 Å². The number of alkyl carbamates (subject to hydrolysis) is 1. The third kappa shape index (κ3) is 25.6. The number of hydrogen-bond acceptors (Lipinski definition) is 5. The highest BCUT2D eigenvalue weighted by Gasteiger charge is 2.11. The number of hydrogen-bond donors (Lipinski definition) is 2. The lowest BCUT2D eigenvalue weighted by molar-refractivity contribution is -0.0251. The summed E-state index contributed by atoms with van der Waals surface area (Å²) in [5, 5.41) is 11.5. The second-order valence-corrected chi connectivity index (χ2v) is 9.19. The number of aliphatic hydroxyl groups excluding tert-OH is 1. The van der Waals surface area contributed by atoms with Gasteiger partial charge >= 0.3 is 6.09 Å². The number of methoxy groups -OCH3 is 1. The highest BCUT2D eigenvalue weighted by atomic mass is 16.6. The normalized spacial score (nSPS) is 12.1. The van der Waals surface area contributed by atoms with E-state index in [-0.39, 0.29) is 19.3 Å². The van der Waals surface area contributed by atoms with Gasteiger partial charge in [-0.15, -0.1) is 0 Å². The van der Waals surface area contributed by atoms with Crippen molar-refractivity contribution in [1.29, 1.82) is 0 Å². The zero-order valence-electron chi connectivity index (χ0n) is 21.9. The maximum Gasteiger partial charge on any atom is 0.407 e. The van der Waals surface area contributed by atoms with E-state index in [1.807, 2.05) is 0 Å². The quantitative estimate of drug-likeness (QED) is 0.135. The molecule has 0 aliphatic carbocycles. The van der Waals surface area contributed by atoms with Gasteiger partial charge in [-0.25, -0.2) is 4.79 Å². The van der Waals surface area contributed by atoms with Crippen LogP contribution >= 0.6 is 0 Å². The van der Waals surface area contributed by atoms with Crippen LogP contribution < -0.4 is 5.32 Å². The summed E-state index contributed by atoms with van der Waals surface area (Å²) in [4.78, 5) is 11.8. The van der Waals surface area contributed by atoms with Gasteiger partial charge in [0.25, 0.3) is 0 Å². The minimum atomic E-state index is -0.390. The van der Waals surface area contributed by atoms with Crippen LogP contribution in [-0.4, -0.2) is 57.4 Å². The molecule has 0 aromatic carbocycles. The van der Waals surface area contributed by atoms with Crippen molar-refractivity contribution in [3.63, 3.8) is 0 Å². The molecule has 198 valence electrons. The van der Waals surface area contributed by atoms with E-state index in [2.05, 4.69) is 12.2 Å². The van der Waals surface area contributed by atoms with Crippen LogP contribution in [0.3, 0.4) is 0 Å². The van der Waals surface area contributed by atoms with E-state index < -0.39 is 6.09 Å². The molecule has 0 heterocycles. The maximum atomic E-state index is 11.8. The summed E-state index contributed by atoms with van der Waals surface area (Å²) < 4.78 is 15.9. The molecule has 2 N–H and O–H groups in total. The van der Waals surface area contributed by atoms with E-state index in [4.69, 9.17) is 19.3 Å². The summed E-state index contributed by atoms with van der Waals surface area (Å²) in [6.45, 7) is 4.26. The smallest absolute Gasteiger partial charge is 0.407 e. The third-order valence-electron chi connectivity index (χ3n) is 6.03. The topological polar surface area (TPSA) is 77.0 Å². The summed E-state index contributed by atoms with van der Waals surface area (Å²) in [6.07, 6.45) is 22.4. The van der Waals surface area contributed by atoms with Crippen LogP contribution in [0.15, 0.2) is 0 Å². The molecule has 0 aliphatic rings. The van der Waals surface area contributed by atoms with Crippen molar-refractivity contribution < 1.29 is 24.1 Å². The average Bonchev–Trinajstić information content (AvgIpc) is 2.82. The molecule has 1 atom stereocenters. The van der Waals surface area contributed by atoms with E-state index in [0.29, 0.717) is 19.8 Å². The van der Waals surface area contributed by atoms with Gasteiger partial charge in [-0.2, -0.15) is 0 Å². The van der Waals surface area contributed by atoms with Gasteiger partial charge in [0.2, 0.25) is 0 Å². The molecular weight excluding hydrogens is 418 g/mol. The molecule has 0 aromatic heterocycles. The molecule has 0 aliphatic heterocycles. The first kappa shape index (κ1) is 32.1. The predicted molar refractivity (Wildman–Crippen MR) is 137 cm³/mol.